The molecule has 22 heavy (non-hydrogen) atoms. The van der Waals surface area contributed by atoms with Gasteiger partial charge in [-0.3, -0.25) is 0 Å². The van der Waals surface area contributed by atoms with Crippen LogP contribution < -0.4 is 0 Å². The first kappa shape index (κ1) is 13.8. The Hall–Kier alpha value is -3.15. The van der Waals surface area contributed by atoms with Crippen molar-refractivity contribution in [3.63, 3.8) is 0 Å². The number of aryl methyl sites for hydroxylation is 1. The van der Waals surface area contributed by atoms with Crippen LogP contribution in [0.15, 0.2) is 52.7 Å². The number of H-pyrrole nitrogens is 1. The third-order valence-corrected chi connectivity index (χ3v) is 3.38. The number of para-hydroxylation sites is 1. The minimum Gasteiger partial charge on any atom is -0.493 e. The SMILES string of the molecule is Cc1cccc2c(N=Nc3ccc(C(=O)O)cc3)c(O)[nH]c12. The maximum atomic E-state index is 10.8. The summed E-state index contributed by atoms with van der Waals surface area (Å²) in [5.41, 5.74) is 2.87. The molecule has 0 aliphatic rings. The van der Waals surface area contributed by atoms with Gasteiger partial charge in [0.15, 0.2) is 5.69 Å². The normalized spacial score (nSPS) is 11.3. The summed E-state index contributed by atoms with van der Waals surface area (Å²) in [6.07, 6.45) is 0. The number of aromatic carboxylic acids is 1. The van der Waals surface area contributed by atoms with Crippen LogP contribution in [-0.4, -0.2) is 21.2 Å². The molecule has 3 N–H and O–H groups in total. The smallest absolute Gasteiger partial charge is 0.335 e. The molecular weight excluding hydrogens is 282 g/mol. The second-order valence-corrected chi connectivity index (χ2v) is 4.87. The molecule has 0 aliphatic heterocycles. The Balaban J connectivity index is 1.97. The van der Waals surface area contributed by atoms with E-state index in [1.165, 1.54) is 12.1 Å². The quantitative estimate of drug-likeness (QED) is 0.628. The Morgan fingerprint density at radius 3 is 2.50 bits per heavy atom. The molecule has 6 heteroatoms. The van der Waals surface area contributed by atoms with Crippen molar-refractivity contribution in [2.75, 3.05) is 0 Å². The molecule has 1 heterocycles. The number of aromatic hydroxyl groups is 1. The van der Waals surface area contributed by atoms with E-state index in [-0.39, 0.29) is 11.4 Å². The third kappa shape index (κ3) is 2.42. The summed E-state index contributed by atoms with van der Waals surface area (Å²) in [6, 6.07) is 11.7. The highest BCUT2D eigenvalue weighted by Crippen LogP contribution is 2.37. The lowest BCUT2D eigenvalue weighted by Crippen LogP contribution is -1.93. The van der Waals surface area contributed by atoms with Crippen LogP contribution in [0.3, 0.4) is 0 Å². The lowest BCUT2D eigenvalue weighted by atomic mass is 10.1. The van der Waals surface area contributed by atoms with Gasteiger partial charge in [0, 0.05) is 5.39 Å². The van der Waals surface area contributed by atoms with Gasteiger partial charge in [0.1, 0.15) is 0 Å². The van der Waals surface area contributed by atoms with Crippen molar-refractivity contribution in [2.45, 2.75) is 6.92 Å². The predicted molar refractivity (Wildman–Crippen MR) is 82.3 cm³/mol. The van der Waals surface area contributed by atoms with Gasteiger partial charge in [-0.1, -0.05) is 18.2 Å². The molecule has 1 aromatic heterocycles. The second-order valence-electron chi connectivity index (χ2n) is 4.87. The van der Waals surface area contributed by atoms with E-state index in [0.717, 1.165) is 16.5 Å². The third-order valence-electron chi connectivity index (χ3n) is 3.38. The van der Waals surface area contributed by atoms with E-state index in [0.29, 0.717) is 11.4 Å². The number of carbonyl (C=O) groups is 1. The van der Waals surface area contributed by atoms with Gasteiger partial charge in [-0.25, -0.2) is 4.79 Å². The van der Waals surface area contributed by atoms with E-state index in [4.69, 9.17) is 5.11 Å². The number of aromatic amines is 1. The average molecular weight is 295 g/mol. The predicted octanol–water partition coefficient (Wildman–Crippen LogP) is 4.30. The number of benzene rings is 2. The van der Waals surface area contributed by atoms with Crippen molar-refractivity contribution in [2.24, 2.45) is 10.2 Å². The molecule has 110 valence electrons. The molecule has 0 amide bonds. The summed E-state index contributed by atoms with van der Waals surface area (Å²) in [5, 5.41) is 27.7. The van der Waals surface area contributed by atoms with Gasteiger partial charge in [0.05, 0.1) is 16.8 Å². The Morgan fingerprint density at radius 2 is 1.82 bits per heavy atom. The fourth-order valence-corrected chi connectivity index (χ4v) is 2.22. The van der Waals surface area contributed by atoms with E-state index in [1.54, 1.807) is 12.1 Å². The molecule has 0 fully saturated rings. The molecular formula is C16H13N3O3. The number of rotatable bonds is 3. The number of carboxylic acids is 1. The molecule has 0 saturated heterocycles. The Kier molecular flexibility index (Phi) is 3.34. The highest BCUT2D eigenvalue weighted by molar-refractivity contribution is 5.95. The second kappa shape index (κ2) is 5.33. The first-order chi connectivity index (χ1) is 10.6. The highest BCUT2D eigenvalue weighted by atomic mass is 16.4. The van der Waals surface area contributed by atoms with Gasteiger partial charge in [-0.05, 0) is 36.8 Å². The molecule has 0 atom stereocenters. The lowest BCUT2D eigenvalue weighted by Gasteiger charge is -1.96. The first-order valence-electron chi connectivity index (χ1n) is 6.61. The molecule has 0 aliphatic carbocycles. The van der Waals surface area contributed by atoms with Gasteiger partial charge >= 0.3 is 5.97 Å². The number of carboxylic acid groups (broad SMARTS) is 1. The summed E-state index contributed by atoms with van der Waals surface area (Å²) < 4.78 is 0. The van der Waals surface area contributed by atoms with Crippen molar-refractivity contribution in [3.8, 4) is 5.88 Å². The first-order valence-corrected chi connectivity index (χ1v) is 6.61. The minimum atomic E-state index is -0.992. The van der Waals surface area contributed by atoms with Crippen LogP contribution in [0.1, 0.15) is 15.9 Å². The molecule has 0 spiro atoms. The Morgan fingerprint density at radius 1 is 1.09 bits per heavy atom. The van der Waals surface area contributed by atoms with E-state index in [1.807, 2.05) is 25.1 Å². The van der Waals surface area contributed by atoms with Crippen LogP contribution in [-0.2, 0) is 0 Å². The molecule has 0 unspecified atom stereocenters. The molecule has 3 aromatic rings. The van der Waals surface area contributed by atoms with Crippen LogP contribution in [0.2, 0.25) is 0 Å². The molecule has 6 nitrogen and oxygen atoms in total. The fraction of sp³-hybridized carbons (Fsp3) is 0.0625. The number of azo groups is 1. The zero-order valence-corrected chi connectivity index (χ0v) is 11.7. The average Bonchev–Trinajstić information content (AvgIpc) is 2.83. The number of aromatic nitrogens is 1. The number of nitrogens with one attached hydrogen (secondary N) is 1. The van der Waals surface area contributed by atoms with Crippen molar-refractivity contribution < 1.29 is 15.0 Å². The van der Waals surface area contributed by atoms with Crippen LogP contribution >= 0.6 is 0 Å². The number of nitrogens with zero attached hydrogens (tertiary/aromatic N) is 2. The van der Waals surface area contributed by atoms with E-state index in [9.17, 15) is 9.90 Å². The topological polar surface area (TPSA) is 98.0 Å². The zero-order valence-electron chi connectivity index (χ0n) is 11.7. The molecule has 0 saturated carbocycles. The van der Waals surface area contributed by atoms with Crippen molar-refractivity contribution in [1.82, 2.24) is 4.98 Å². The van der Waals surface area contributed by atoms with Gasteiger partial charge in [0.2, 0.25) is 5.88 Å². The van der Waals surface area contributed by atoms with Crippen LogP contribution in [0, 0.1) is 6.92 Å². The summed E-state index contributed by atoms with van der Waals surface area (Å²) >= 11 is 0. The van der Waals surface area contributed by atoms with E-state index in [2.05, 4.69) is 15.2 Å². The Bertz CT molecular complexity index is 880. The summed E-state index contributed by atoms with van der Waals surface area (Å²) in [6.45, 7) is 1.93. The van der Waals surface area contributed by atoms with E-state index < -0.39 is 5.97 Å². The van der Waals surface area contributed by atoms with Crippen LogP contribution in [0.5, 0.6) is 5.88 Å². The Labute approximate surface area is 125 Å². The number of hydrogen-bond donors (Lipinski definition) is 3. The number of hydrogen-bond acceptors (Lipinski definition) is 4. The van der Waals surface area contributed by atoms with Crippen LogP contribution in [0.25, 0.3) is 10.9 Å². The summed E-state index contributed by atoms with van der Waals surface area (Å²) in [7, 11) is 0. The number of fused-ring (bicyclic) bond motifs is 1. The highest BCUT2D eigenvalue weighted by Gasteiger charge is 2.11. The van der Waals surface area contributed by atoms with Gasteiger partial charge in [-0.2, -0.15) is 5.11 Å². The van der Waals surface area contributed by atoms with Crippen molar-refractivity contribution in [3.05, 3.63) is 53.6 Å². The standard InChI is InChI=1S/C16H13N3O3/c1-9-3-2-4-12-13(9)17-15(20)14(12)19-18-11-7-5-10(6-8-11)16(21)22/h2-8,17,20H,1H3,(H,21,22). The summed E-state index contributed by atoms with van der Waals surface area (Å²) in [5.74, 6) is -1.04. The molecule has 0 bridgehead atoms. The minimum absolute atomic E-state index is 0.0461. The molecule has 2 aromatic carbocycles. The zero-order chi connectivity index (χ0) is 15.7. The van der Waals surface area contributed by atoms with Crippen molar-refractivity contribution in [1.29, 1.82) is 0 Å². The van der Waals surface area contributed by atoms with Crippen LogP contribution in [0.4, 0.5) is 11.4 Å². The maximum absolute atomic E-state index is 10.8. The summed E-state index contributed by atoms with van der Waals surface area (Å²) in [4.78, 5) is 13.7. The van der Waals surface area contributed by atoms with Gasteiger partial charge in [-0.15, -0.1) is 5.11 Å². The monoisotopic (exact) mass is 295 g/mol. The van der Waals surface area contributed by atoms with Gasteiger partial charge < -0.3 is 15.2 Å². The van der Waals surface area contributed by atoms with Gasteiger partial charge in [0.25, 0.3) is 0 Å². The molecule has 3 rings (SSSR count). The molecule has 0 radical (unpaired) electrons. The largest absolute Gasteiger partial charge is 0.493 e. The fourth-order valence-electron chi connectivity index (χ4n) is 2.22. The maximum Gasteiger partial charge on any atom is 0.335 e. The van der Waals surface area contributed by atoms with E-state index >= 15 is 0 Å². The lowest BCUT2D eigenvalue weighted by molar-refractivity contribution is 0.0697. The van der Waals surface area contributed by atoms with Crippen molar-refractivity contribution >= 4 is 28.2 Å².